The van der Waals surface area contributed by atoms with Gasteiger partial charge in [-0.1, -0.05) is 0 Å². The molecule has 1 saturated heterocycles. The van der Waals surface area contributed by atoms with E-state index in [1.807, 2.05) is 13.3 Å². The number of hydrogen-bond acceptors (Lipinski definition) is 2. The molecular weight excluding hydrogens is 210 g/mol. The molecule has 0 spiro atoms. The maximum Gasteiger partial charge on any atom is 0.0949 e. The van der Waals surface area contributed by atoms with Gasteiger partial charge in [0, 0.05) is 24.3 Å². The average molecular weight is 235 g/mol. The van der Waals surface area contributed by atoms with Gasteiger partial charge < -0.3 is 4.57 Å². The molecule has 0 saturated carbocycles. The lowest BCUT2D eigenvalue weighted by Gasteiger charge is -2.37. The van der Waals surface area contributed by atoms with Crippen LogP contribution in [0.25, 0.3) is 0 Å². The first-order chi connectivity index (χ1) is 7.97. The Labute approximate surface area is 105 Å². The smallest absolute Gasteiger partial charge is 0.0949 e. The van der Waals surface area contributed by atoms with Gasteiger partial charge in [0.15, 0.2) is 0 Å². The third-order valence-corrected chi connectivity index (χ3v) is 3.72. The van der Waals surface area contributed by atoms with E-state index in [0.29, 0.717) is 5.54 Å². The highest BCUT2D eigenvalue weighted by Gasteiger charge is 2.32. The molecule has 0 bridgehead atoms. The first-order valence-corrected chi connectivity index (χ1v) is 6.72. The number of aryl methyl sites for hydroxylation is 2. The number of aromatic nitrogens is 2. The van der Waals surface area contributed by atoms with Crippen molar-refractivity contribution in [2.24, 2.45) is 0 Å². The number of likely N-dealkylation sites (tertiary alicyclic amines) is 1. The zero-order valence-corrected chi connectivity index (χ0v) is 11.6. The molecule has 17 heavy (non-hydrogen) atoms. The van der Waals surface area contributed by atoms with Crippen molar-refractivity contribution in [2.75, 3.05) is 6.54 Å². The number of nitrogens with zero attached hydrogens (tertiary/aromatic N) is 3. The van der Waals surface area contributed by atoms with E-state index >= 15 is 0 Å². The average Bonchev–Trinajstić information content (AvgIpc) is 2.81. The SMILES string of the molecule is Cc1cn(CC[C@H]2CCCN2C(C)(C)C)cn1. The quantitative estimate of drug-likeness (QED) is 0.803. The predicted octanol–water partition coefficient (Wildman–Crippen LogP) is 2.84. The number of rotatable bonds is 3. The van der Waals surface area contributed by atoms with E-state index < -0.39 is 0 Å². The minimum absolute atomic E-state index is 0.312. The fraction of sp³-hybridized carbons (Fsp3) is 0.786. The highest BCUT2D eigenvalue weighted by Crippen LogP contribution is 2.28. The Hall–Kier alpha value is -0.830. The van der Waals surface area contributed by atoms with Gasteiger partial charge in [0.1, 0.15) is 0 Å². The van der Waals surface area contributed by atoms with Crippen molar-refractivity contribution in [3.05, 3.63) is 18.2 Å². The Morgan fingerprint density at radius 1 is 1.41 bits per heavy atom. The van der Waals surface area contributed by atoms with Crippen LogP contribution >= 0.6 is 0 Å². The highest BCUT2D eigenvalue weighted by molar-refractivity contribution is 4.93. The molecule has 96 valence electrons. The molecule has 0 N–H and O–H groups in total. The Kier molecular flexibility index (Phi) is 3.57. The van der Waals surface area contributed by atoms with Gasteiger partial charge in [0.2, 0.25) is 0 Å². The lowest BCUT2D eigenvalue weighted by molar-refractivity contribution is 0.113. The van der Waals surface area contributed by atoms with Crippen molar-refractivity contribution in [3.8, 4) is 0 Å². The predicted molar refractivity (Wildman–Crippen MR) is 71.1 cm³/mol. The van der Waals surface area contributed by atoms with Crippen LogP contribution in [-0.4, -0.2) is 32.6 Å². The summed E-state index contributed by atoms with van der Waals surface area (Å²) >= 11 is 0. The minimum Gasteiger partial charge on any atom is -0.337 e. The van der Waals surface area contributed by atoms with Gasteiger partial charge in [-0.15, -0.1) is 0 Å². The zero-order chi connectivity index (χ0) is 12.5. The van der Waals surface area contributed by atoms with Crippen molar-refractivity contribution in [3.63, 3.8) is 0 Å². The topological polar surface area (TPSA) is 21.1 Å². The Bertz CT molecular complexity index is 362. The summed E-state index contributed by atoms with van der Waals surface area (Å²) in [5.41, 5.74) is 1.43. The standard InChI is InChI=1S/C14H25N3/c1-12-10-16(11-15-12)9-7-13-6-5-8-17(13)14(2,3)4/h10-11,13H,5-9H2,1-4H3/t13-/m1/s1. The van der Waals surface area contributed by atoms with Gasteiger partial charge in [-0.3, -0.25) is 4.90 Å². The minimum atomic E-state index is 0.312. The molecule has 0 radical (unpaired) electrons. The summed E-state index contributed by atoms with van der Waals surface area (Å²) in [4.78, 5) is 6.94. The molecule has 2 rings (SSSR count). The third-order valence-electron chi connectivity index (χ3n) is 3.72. The molecular formula is C14H25N3. The second-order valence-corrected chi connectivity index (χ2v) is 6.20. The normalized spacial score (nSPS) is 22.2. The molecule has 1 aromatic heterocycles. The van der Waals surface area contributed by atoms with E-state index in [4.69, 9.17) is 0 Å². The molecule has 1 aliphatic heterocycles. The van der Waals surface area contributed by atoms with Gasteiger partial charge in [0.25, 0.3) is 0 Å². The summed E-state index contributed by atoms with van der Waals surface area (Å²) in [5.74, 6) is 0. The molecule has 0 aromatic carbocycles. The van der Waals surface area contributed by atoms with Crippen LogP contribution in [0.2, 0.25) is 0 Å². The fourth-order valence-electron chi connectivity index (χ4n) is 2.91. The molecule has 2 heterocycles. The Morgan fingerprint density at radius 3 is 2.76 bits per heavy atom. The van der Waals surface area contributed by atoms with E-state index in [1.54, 1.807) is 0 Å². The summed E-state index contributed by atoms with van der Waals surface area (Å²) in [6.07, 6.45) is 8.03. The van der Waals surface area contributed by atoms with Crippen molar-refractivity contribution < 1.29 is 0 Å². The molecule has 3 nitrogen and oxygen atoms in total. The molecule has 0 aliphatic carbocycles. The molecule has 1 atom stereocenters. The van der Waals surface area contributed by atoms with Crippen LogP contribution in [0.5, 0.6) is 0 Å². The molecule has 1 aliphatic rings. The van der Waals surface area contributed by atoms with Crippen LogP contribution in [0.1, 0.15) is 45.7 Å². The maximum atomic E-state index is 4.28. The lowest BCUT2D eigenvalue weighted by Crippen LogP contribution is -2.44. The monoisotopic (exact) mass is 235 g/mol. The number of hydrogen-bond donors (Lipinski definition) is 0. The fourth-order valence-corrected chi connectivity index (χ4v) is 2.91. The summed E-state index contributed by atoms with van der Waals surface area (Å²) in [6, 6.07) is 0.748. The Morgan fingerprint density at radius 2 is 2.18 bits per heavy atom. The van der Waals surface area contributed by atoms with Gasteiger partial charge >= 0.3 is 0 Å². The summed E-state index contributed by atoms with van der Waals surface area (Å²) in [7, 11) is 0. The van der Waals surface area contributed by atoms with Crippen LogP contribution in [-0.2, 0) is 6.54 Å². The van der Waals surface area contributed by atoms with E-state index in [9.17, 15) is 0 Å². The first kappa shape index (κ1) is 12.6. The first-order valence-electron chi connectivity index (χ1n) is 6.72. The summed E-state index contributed by atoms with van der Waals surface area (Å²) in [6.45, 7) is 11.4. The van der Waals surface area contributed by atoms with Crippen LogP contribution in [0, 0.1) is 6.92 Å². The number of imidazole rings is 1. The molecule has 0 unspecified atom stereocenters. The van der Waals surface area contributed by atoms with E-state index in [2.05, 4.69) is 41.4 Å². The van der Waals surface area contributed by atoms with E-state index in [1.165, 1.54) is 25.8 Å². The third kappa shape index (κ3) is 3.09. The van der Waals surface area contributed by atoms with E-state index in [0.717, 1.165) is 18.3 Å². The molecule has 0 amide bonds. The van der Waals surface area contributed by atoms with Crippen molar-refractivity contribution in [2.45, 2.75) is 65.1 Å². The van der Waals surface area contributed by atoms with Crippen LogP contribution in [0.3, 0.4) is 0 Å². The van der Waals surface area contributed by atoms with Gasteiger partial charge in [0.05, 0.1) is 12.0 Å². The van der Waals surface area contributed by atoms with Gasteiger partial charge in [-0.25, -0.2) is 4.98 Å². The summed E-state index contributed by atoms with van der Waals surface area (Å²) in [5, 5.41) is 0. The zero-order valence-electron chi connectivity index (χ0n) is 11.6. The van der Waals surface area contributed by atoms with Crippen molar-refractivity contribution >= 4 is 0 Å². The van der Waals surface area contributed by atoms with Gasteiger partial charge in [-0.2, -0.15) is 0 Å². The molecule has 1 aromatic rings. The van der Waals surface area contributed by atoms with Crippen molar-refractivity contribution in [1.82, 2.24) is 14.5 Å². The molecule has 3 heteroatoms. The van der Waals surface area contributed by atoms with E-state index in [-0.39, 0.29) is 0 Å². The largest absolute Gasteiger partial charge is 0.337 e. The van der Waals surface area contributed by atoms with Crippen LogP contribution < -0.4 is 0 Å². The maximum absolute atomic E-state index is 4.28. The molecule has 1 fully saturated rings. The lowest BCUT2D eigenvalue weighted by atomic mass is 10.0. The van der Waals surface area contributed by atoms with Crippen LogP contribution in [0.4, 0.5) is 0 Å². The summed E-state index contributed by atoms with van der Waals surface area (Å²) < 4.78 is 2.22. The second kappa shape index (κ2) is 4.81. The van der Waals surface area contributed by atoms with Gasteiger partial charge in [-0.05, 0) is 53.5 Å². The van der Waals surface area contributed by atoms with Crippen molar-refractivity contribution in [1.29, 1.82) is 0 Å². The second-order valence-electron chi connectivity index (χ2n) is 6.20. The van der Waals surface area contributed by atoms with Crippen LogP contribution in [0.15, 0.2) is 12.5 Å². The highest BCUT2D eigenvalue weighted by atomic mass is 15.2. The Balaban J connectivity index is 1.90.